The van der Waals surface area contributed by atoms with E-state index in [1.807, 2.05) is 36.5 Å². The number of fused-ring (bicyclic) bond motifs is 3. The van der Waals surface area contributed by atoms with Crippen LogP contribution in [0.2, 0.25) is 0 Å². The molecule has 5 heteroatoms. The Kier molecular flexibility index (Phi) is 3.90. The number of benzene rings is 2. The molecule has 0 spiro atoms. The number of aryl methyl sites for hydroxylation is 1. The number of nitrogens with zero attached hydrogens (tertiary/aromatic N) is 3. The van der Waals surface area contributed by atoms with Crippen LogP contribution in [-0.2, 0) is 16.0 Å². The molecule has 124 valence electrons. The number of carbonyl (C=O) groups excluding carboxylic acids is 1. The summed E-state index contributed by atoms with van der Waals surface area (Å²) in [6.45, 7) is 0. The van der Waals surface area contributed by atoms with E-state index in [1.165, 1.54) is 7.11 Å². The first-order valence-electron chi connectivity index (χ1n) is 8.15. The van der Waals surface area contributed by atoms with Crippen LogP contribution in [0.4, 0.5) is 0 Å². The van der Waals surface area contributed by atoms with Gasteiger partial charge in [-0.15, -0.1) is 0 Å². The quantitative estimate of drug-likeness (QED) is 0.536. The van der Waals surface area contributed by atoms with Gasteiger partial charge in [0.25, 0.3) is 0 Å². The topological polar surface area (TPSA) is 56.5 Å². The van der Waals surface area contributed by atoms with Crippen molar-refractivity contribution in [1.29, 1.82) is 0 Å². The summed E-state index contributed by atoms with van der Waals surface area (Å²) >= 11 is 0. The third-order valence-corrected chi connectivity index (χ3v) is 4.23. The molecule has 0 fully saturated rings. The van der Waals surface area contributed by atoms with Crippen LogP contribution in [0.1, 0.15) is 12.1 Å². The first-order valence-corrected chi connectivity index (χ1v) is 8.15. The standard InChI is InChI=1S/C20H17N3O2/c1-25-18(24)12-11-15-13-23-20(21-15)17-10-6-5-9-16(17)19(22-23)14-7-3-2-4-8-14/h2-10,13H,11-12H2,1H3. The van der Waals surface area contributed by atoms with Crippen molar-refractivity contribution in [2.24, 2.45) is 0 Å². The Morgan fingerprint density at radius 2 is 1.76 bits per heavy atom. The van der Waals surface area contributed by atoms with Crippen LogP contribution in [-0.4, -0.2) is 27.7 Å². The zero-order valence-corrected chi connectivity index (χ0v) is 13.8. The van der Waals surface area contributed by atoms with E-state index in [4.69, 9.17) is 9.84 Å². The van der Waals surface area contributed by atoms with Crippen LogP contribution in [0.3, 0.4) is 0 Å². The predicted octanol–water partition coefficient (Wildman–Crippen LogP) is 3.66. The molecular weight excluding hydrogens is 314 g/mol. The number of hydrogen-bond acceptors (Lipinski definition) is 4. The highest BCUT2D eigenvalue weighted by atomic mass is 16.5. The number of esters is 1. The van der Waals surface area contributed by atoms with Gasteiger partial charge in [-0.05, 0) is 0 Å². The molecule has 25 heavy (non-hydrogen) atoms. The van der Waals surface area contributed by atoms with Crippen molar-refractivity contribution in [3.63, 3.8) is 0 Å². The maximum absolute atomic E-state index is 11.4. The highest BCUT2D eigenvalue weighted by Crippen LogP contribution is 2.28. The fourth-order valence-corrected chi connectivity index (χ4v) is 2.99. The first-order chi connectivity index (χ1) is 12.3. The molecule has 4 rings (SSSR count). The maximum Gasteiger partial charge on any atom is 0.305 e. The molecule has 0 bridgehead atoms. The van der Waals surface area contributed by atoms with Crippen LogP contribution in [0.15, 0.2) is 60.8 Å². The summed E-state index contributed by atoms with van der Waals surface area (Å²) < 4.78 is 6.51. The van der Waals surface area contributed by atoms with Gasteiger partial charge in [0.1, 0.15) is 0 Å². The summed E-state index contributed by atoms with van der Waals surface area (Å²) in [5, 5.41) is 6.88. The summed E-state index contributed by atoms with van der Waals surface area (Å²) in [5.74, 6) is -0.236. The fourth-order valence-electron chi connectivity index (χ4n) is 2.99. The lowest BCUT2D eigenvalue weighted by Crippen LogP contribution is -2.01. The van der Waals surface area contributed by atoms with Crippen molar-refractivity contribution in [2.45, 2.75) is 12.8 Å². The average molecular weight is 331 g/mol. The zero-order chi connectivity index (χ0) is 17.2. The van der Waals surface area contributed by atoms with E-state index in [9.17, 15) is 4.79 Å². The molecule has 0 aliphatic rings. The van der Waals surface area contributed by atoms with Crippen molar-refractivity contribution in [2.75, 3.05) is 7.11 Å². The molecule has 0 N–H and O–H groups in total. The van der Waals surface area contributed by atoms with E-state index in [-0.39, 0.29) is 5.97 Å². The lowest BCUT2D eigenvalue weighted by atomic mass is 10.1. The number of hydrogen-bond donors (Lipinski definition) is 0. The number of methoxy groups -OCH3 is 1. The Balaban J connectivity index is 1.87. The molecule has 0 saturated carbocycles. The summed E-state index contributed by atoms with van der Waals surface area (Å²) in [7, 11) is 1.40. The van der Waals surface area contributed by atoms with Gasteiger partial charge < -0.3 is 4.74 Å². The zero-order valence-electron chi connectivity index (χ0n) is 13.8. The molecule has 2 heterocycles. The van der Waals surface area contributed by atoms with Crippen LogP contribution in [0.25, 0.3) is 27.7 Å². The largest absolute Gasteiger partial charge is 0.469 e. The second-order valence-corrected chi connectivity index (χ2v) is 5.84. The number of ether oxygens (including phenoxy) is 1. The molecule has 2 aromatic carbocycles. The van der Waals surface area contributed by atoms with Gasteiger partial charge in [0.15, 0.2) is 5.65 Å². The normalized spacial score (nSPS) is 11.1. The van der Waals surface area contributed by atoms with Gasteiger partial charge in [-0.3, -0.25) is 4.79 Å². The molecule has 0 aliphatic heterocycles. The Bertz CT molecular complexity index is 1050. The third kappa shape index (κ3) is 2.85. The number of aromatic nitrogens is 3. The second kappa shape index (κ2) is 6.36. The van der Waals surface area contributed by atoms with E-state index in [2.05, 4.69) is 29.2 Å². The Morgan fingerprint density at radius 1 is 1.04 bits per heavy atom. The van der Waals surface area contributed by atoms with Gasteiger partial charge in [-0.25, -0.2) is 9.50 Å². The Morgan fingerprint density at radius 3 is 2.52 bits per heavy atom. The number of carbonyl (C=O) groups is 1. The third-order valence-electron chi connectivity index (χ3n) is 4.23. The molecule has 0 amide bonds. The fraction of sp³-hybridized carbons (Fsp3) is 0.150. The van der Waals surface area contributed by atoms with E-state index < -0.39 is 0 Å². The molecular formula is C20H17N3O2. The molecule has 0 radical (unpaired) electrons. The minimum atomic E-state index is -0.236. The number of rotatable bonds is 4. The van der Waals surface area contributed by atoms with Gasteiger partial charge in [-0.1, -0.05) is 54.6 Å². The minimum Gasteiger partial charge on any atom is -0.469 e. The molecule has 0 saturated heterocycles. The molecule has 0 aliphatic carbocycles. The molecule has 2 aromatic heterocycles. The van der Waals surface area contributed by atoms with Gasteiger partial charge in [-0.2, -0.15) is 5.10 Å². The van der Waals surface area contributed by atoms with E-state index in [0.29, 0.717) is 12.8 Å². The highest BCUT2D eigenvalue weighted by molar-refractivity contribution is 6.01. The van der Waals surface area contributed by atoms with Crippen LogP contribution < -0.4 is 0 Å². The summed E-state index contributed by atoms with van der Waals surface area (Å²) in [6, 6.07) is 18.2. The van der Waals surface area contributed by atoms with E-state index in [0.717, 1.165) is 33.4 Å². The molecule has 4 aromatic rings. The van der Waals surface area contributed by atoms with Gasteiger partial charge in [0, 0.05) is 22.8 Å². The van der Waals surface area contributed by atoms with Crippen molar-refractivity contribution in [3.05, 3.63) is 66.5 Å². The molecule has 5 nitrogen and oxygen atoms in total. The highest BCUT2D eigenvalue weighted by Gasteiger charge is 2.13. The SMILES string of the molecule is COC(=O)CCc1cn2nc(-c3ccccc3)c3ccccc3c2n1. The van der Waals surface area contributed by atoms with Crippen LogP contribution >= 0.6 is 0 Å². The lowest BCUT2D eigenvalue weighted by molar-refractivity contribution is -0.140. The summed E-state index contributed by atoms with van der Waals surface area (Å²) in [6.07, 6.45) is 2.73. The maximum atomic E-state index is 11.4. The number of imidazole rings is 1. The lowest BCUT2D eigenvalue weighted by Gasteiger charge is -2.07. The summed E-state index contributed by atoms with van der Waals surface area (Å²) in [5.41, 5.74) is 3.61. The average Bonchev–Trinajstić information content (AvgIpc) is 3.09. The monoisotopic (exact) mass is 331 g/mol. The van der Waals surface area contributed by atoms with Crippen molar-refractivity contribution in [1.82, 2.24) is 14.6 Å². The van der Waals surface area contributed by atoms with Gasteiger partial charge in [0.2, 0.25) is 0 Å². The van der Waals surface area contributed by atoms with Crippen LogP contribution in [0.5, 0.6) is 0 Å². The van der Waals surface area contributed by atoms with Crippen molar-refractivity contribution < 1.29 is 9.53 Å². The first kappa shape index (κ1) is 15.3. The van der Waals surface area contributed by atoms with Crippen molar-refractivity contribution >= 4 is 22.4 Å². The van der Waals surface area contributed by atoms with Gasteiger partial charge >= 0.3 is 5.97 Å². The van der Waals surface area contributed by atoms with Crippen molar-refractivity contribution in [3.8, 4) is 11.3 Å². The van der Waals surface area contributed by atoms with Gasteiger partial charge in [0.05, 0.1) is 31.1 Å². The van der Waals surface area contributed by atoms with Crippen LogP contribution in [0, 0.1) is 0 Å². The molecule has 0 atom stereocenters. The minimum absolute atomic E-state index is 0.236. The predicted molar refractivity (Wildman–Crippen MR) is 96.3 cm³/mol. The van der Waals surface area contributed by atoms with E-state index >= 15 is 0 Å². The Labute approximate surface area is 144 Å². The molecule has 0 unspecified atom stereocenters. The summed E-state index contributed by atoms with van der Waals surface area (Å²) in [4.78, 5) is 16.1. The van der Waals surface area contributed by atoms with E-state index in [1.54, 1.807) is 4.52 Å². The smallest absolute Gasteiger partial charge is 0.305 e. The Hall–Kier alpha value is -3.21. The second-order valence-electron chi connectivity index (χ2n) is 5.84.